The average Bonchev–Trinajstić information content (AvgIpc) is 3.28. The van der Waals surface area contributed by atoms with Crippen LogP contribution in [0.15, 0.2) is 59.5 Å². The van der Waals surface area contributed by atoms with Crippen molar-refractivity contribution in [2.75, 3.05) is 25.0 Å². The zero-order valence-electron chi connectivity index (χ0n) is 16.0. The van der Waals surface area contributed by atoms with Crippen molar-refractivity contribution in [3.05, 3.63) is 60.2 Å². The molecule has 0 aromatic heterocycles. The predicted octanol–water partition coefficient (Wildman–Crippen LogP) is 2.59. The molecule has 0 bridgehead atoms. The van der Waals surface area contributed by atoms with E-state index >= 15 is 0 Å². The first-order valence-electron chi connectivity index (χ1n) is 9.55. The van der Waals surface area contributed by atoms with Crippen molar-refractivity contribution in [2.45, 2.75) is 30.6 Å². The molecule has 1 heterocycles. The van der Waals surface area contributed by atoms with Crippen LogP contribution in [0.2, 0.25) is 0 Å². The van der Waals surface area contributed by atoms with Gasteiger partial charge < -0.3 is 10.1 Å². The van der Waals surface area contributed by atoms with Crippen molar-refractivity contribution in [1.82, 2.24) is 4.31 Å². The fraction of sp³-hybridized carbons (Fsp3) is 0.333. The topological polar surface area (TPSA) is 92.8 Å². The van der Waals surface area contributed by atoms with E-state index in [4.69, 9.17) is 4.74 Å². The van der Waals surface area contributed by atoms with Gasteiger partial charge in [-0.3, -0.25) is 9.59 Å². The first-order valence-corrected chi connectivity index (χ1v) is 11.0. The summed E-state index contributed by atoms with van der Waals surface area (Å²) in [6.07, 6.45) is 2.49. The minimum Gasteiger partial charge on any atom is -0.456 e. The molecule has 1 saturated heterocycles. The lowest BCUT2D eigenvalue weighted by atomic mass is 10.1. The molecule has 29 heavy (non-hydrogen) atoms. The van der Waals surface area contributed by atoms with Gasteiger partial charge in [-0.15, -0.1) is 0 Å². The molecule has 0 unspecified atom stereocenters. The van der Waals surface area contributed by atoms with Gasteiger partial charge in [0.15, 0.2) is 6.61 Å². The van der Waals surface area contributed by atoms with Crippen LogP contribution in [-0.2, 0) is 30.8 Å². The van der Waals surface area contributed by atoms with E-state index in [0.29, 0.717) is 25.2 Å². The lowest BCUT2D eigenvalue weighted by molar-refractivity contribution is -0.147. The Labute approximate surface area is 170 Å². The summed E-state index contributed by atoms with van der Waals surface area (Å²) in [6, 6.07) is 15.5. The highest BCUT2D eigenvalue weighted by Gasteiger charge is 2.26. The van der Waals surface area contributed by atoms with Crippen molar-refractivity contribution >= 4 is 27.6 Å². The first-order chi connectivity index (χ1) is 13.9. The van der Waals surface area contributed by atoms with Gasteiger partial charge in [0.25, 0.3) is 5.91 Å². The third-order valence-electron chi connectivity index (χ3n) is 4.67. The Kier molecular flexibility index (Phi) is 7.00. The van der Waals surface area contributed by atoms with E-state index in [0.717, 1.165) is 18.4 Å². The summed E-state index contributed by atoms with van der Waals surface area (Å²) < 4.78 is 31.4. The molecule has 1 aliphatic rings. The summed E-state index contributed by atoms with van der Waals surface area (Å²) >= 11 is 0. The maximum atomic E-state index is 12.5. The van der Waals surface area contributed by atoms with Crippen LogP contribution in [0.25, 0.3) is 0 Å². The number of benzene rings is 2. The molecule has 154 valence electrons. The standard InChI is InChI=1S/C21H24N2O5S/c24-20(16-28-21(25)13-8-17-6-2-1-3-7-17)22-18-9-11-19(12-10-18)29(26,27)23-14-4-5-15-23/h1-3,6-7,9-12H,4-5,8,13-16H2,(H,22,24). The molecular weight excluding hydrogens is 392 g/mol. The number of amides is 1. The third-order valence-corrected chi connectivity index (χ3v) is 6.58. The minimum absolute atomic E-state index is 0.195. The van der Waals surface area contributed by atoms with Crippen LogP contribution in [-0.4, -0.2) is 44.3 Å². The molecule has 1 aliphatic heterocycles. The number of hydrogen-bond donors (Lipinski definition) is 1. The van der Waals surface area contributed by atoms with Crippen LogP contribution in [0.4, 0.5) is 5.69 Å². The molecule has 0 saturated carbocycles. The quantitative estimate of drug-likeness (QED) is 0.668. The summed E-state index contributed by atoms with van der Waals surface area (Å²) in [5, 5.41) is 2.59. The molecular formula is C21H24N2O5S. The van der Waals surface area contributed by atoms with E-state index in [9.17, 15) is 18.0 Å². The molecule has 0 aliphatic carbocycles. The number of hydrogen-bond acceptors (Lipinski definition) is 5. The normalized spacial score (nSPS) is 14.5. The molecule has 0 atom stereocenters. The summed E-state index contributed by atoms with van der Waals surface area (Å²) in [7, 11) is -3.48. The maximum absolute atomic E-state index is 12.5. The Hall–Kier alpha value is -2.71. The number of carbonyl (C=O) groups excluding carboxylic acids is 2. The van der Waals surface area contributed by atoms with Crippen LogP contribution < -0.4 is 5.32 Å². The molecule has 0 radical (unpaired) electrons. The summed E-state index contributed by atoms with van der Waals surface area (Å²) in [5.41, 5.74) is 1.47. The molecule has 8 heteroatoms. The molecule has 2 aromatic carbocycles. The Morgan fingerprint density at radius 2 is 1.62 bits per heavy atom. The van der Waals surface area contributed by atoms with Crippen LogP contribution in [0, 0.1) is 0 Å². The Morgan fingerprint density at radius 1 is 0.966 bits per heavy atom. The third kappa shape index (κ3) is 5.88. The highest BCUT2D eigenvalue weighted by atomic mass is 32.2. The molecule has 0 spiro atoms. The van der Waals surface area contributed by atoms with E-state index in [1.807, 2.05) is 30.3 Å². The number of carbonyl (C=O) groups is 2. The van der Waals surface area contributed by atoms with Crippen LogP contribution in [0.3, 0.4) is 0 Å². The van der Waals surface area contributed by atoms with E-state index in [1.54, 1.807) is 0 Å². The first kappa shape index (κ1) is 21.0. The second kappa shape index (κ2) is 9.67. The second-order valence-corrected chi connectivity index (χ2v) is 8.77. The van der Waals surface area contributed by atoms with Crippen molar-refractivity contribution in [3.63, 3.8) is 0 Å². The number of anilines is 1. The van der Waals surface area contributed by atoms with Gasteiger partial charge in [-0.2, -0.15) is 4.31 Å². The van der Waals surface area contributed by atoms with Crippen molar-refractivity contribution in [2.24, 2.45) is 0 Å². The Morgan fingerprint density at radius 3 is 2.28 bits per heavy atom. The van der Waals surface area contributed by atoms with Crippen LogP contribution in [0.1, 0.15) is 24.8 Å². The second-order valence-electron chi connectivity index (χ2n) is 6.83. The number of nitrogens with zero attached hydrogens (tertiary/aromatic N) is 1. The monoisotopic (exact) mass is 416 g/mol. The molecule has 1 amide bonds. The zero-order chi connectivity index (χ0) is 20.7. The molecule has 7 nitrogen and oxygen atoms in total. The highest BCUT2D eigenvalue weighted by Crippen LogP contribution is 2.22. The SMILES string of the molecule is O=C(COC(=O)CCc1ccccc1)Nc1ccc(S(=O)(=O)N2CCCC2)cc1. The number of nitrogens with one attached hydrogen (secondary N) is 1. The fourth-order valence-corrected chi connectivity index (χ4v) is 4.61. The fourth-order valence-electron chi connectivity index (χ4n) is 3.09. The molecule has 3 rings (SSSR count). The predicted molar refractivity (Wildman–Crippen MR) is 109 cm³/mol. The van der Waals surface area contributed by atoms with Crippen LogP contribution in [0.5, 0.6) is 0 Å². The number of ether oxygens (including phenoxy) is 1. The summed E-state index contributed by atoms with van der Waals surface area (Å²) in [5.74, 6) is -0.927. The van der Waals surface area contributed by atoms with Gasteiger partial charge in [-0.05, 0) is 49.1 Å². The smallest absolute Gasteiger partial charge is 0.306 e. The van der Waals surface area contributed by atoms with E-state index < -0.39 is 21.9 Å². The minimum atomic E-state index is -3.48. The molecule has 1 N–H and O–H groups in total. The van der Waals surface area contributed by atoms with Gasteiger partial charge in [-0.25, -0.2) is 8.42 Å². The summed E-state index contributed by atoms with van der Waals surface area (Å²) in [4.78, 5) is 23.9. The number of sulfonamides is 1. The Balaban J connectivity index is 1.45. The van der Waals surface area contributed by atoms with Crippen molar-refractivity contribution < 1.29 is 22.7 Å². The number of esters is 1. The largest absolute Gasteiger partial charge is 0.456 e. The van der Waals surface area contributed by atoms with Crippen molar-refractivity contribution in [1.29, 1.82) is 0 Å². The highest BCUT2D eigenvalue weighted by molar-refractivity contribution is 7.89. The molecule has 1 fully saturated rings. The average molecular weight is 416 g/mol. The van der Waals surface area contributed by atoms with Gasteiger partial charge in [-0.1, -0.05) is 30.3 Å². The molecule has 2 aromatic rings. The lowest BCUT2D eigenvalue weighted by Gasteiger charge is -2.15. The van der Waals surface area contributed by atoms with E-state index in [1.165, 1.54) is 28.6 Å². The van der Waals surface area contributed by atoms with Gasteiger partial charge in [0.1, 0.15) is 0 Å². The zero-order valence-corrected chi connectivity index (χ0v) is 16.9. The van der Waals surface area contributed by atoms with Gasteiger partial charge in [0, 0.05) is 25.2 Å². The van der Waals surface area contributed by atoms with Crippen molar-refractivity contribution in [3.8, 4) is 0 Å². The lowest BCUT2D eigenvalue weighted by Crippen LogP contribution is -2.27. The van der Waals surface area contributed by atoms with Gasteiger partial charge in [0.2, 0.25) is 10.0 Å². The van der Waals surface area contributed by atoms with E-state index in [2.05, 4.69) is 5.32 Å². The Bertz CT molecular complexity index is 937. The van der Waals surface area contributed by atoms with E-state index in [-0.39, 0.29) is 17.9 Å². The number of aryl methyl sites for hydroxylation is 1. The van der Waals surface area contributed by atoms with Gasteiger partial charge >= 0.3 is 5.97 Å². The number of rotatable bonds is 8. The maximum Gasteiger partial charge on any atom is 0.306 e. The van der Waals surface area contributed by atoms with Crippen LogP contribution >= 0.6 is 0 Å². The van der Waals surface area contributed by atoms with Gasteiger partial charge in [0.05, 0.1) is 4.90 Å². The summed E-state index contributed by atoms with van der Waals surface area (Å²) in [6.45, 7) is 0.689.